The van der Waals surface area contributed by atoms with E-state index < -0.39 is 28.1 Å². The highest BCUT2D eigenvalue weighted by Crippen LogP contribution is 2.38. The molecule has 1 aromatic heterocycles. The topological polar surface area (TPSA) is 88.1 Å². The van der Waals surface area contributed by atoms with E-state index in [4.69, 9.17) is 4.42 Å². The Labute approximate surface area is 194 Å². The fourth-order valence-electron chi connectivity index (χ4n) is 2.98. The third-order valence-corrected chi connectivity index (χ3v) is 7.07. The average molecular weight is 529 g/mol. The molecule has 0 unspecified atom stereocenters. The summed E-state index contributed by atoms with van der Waals surface area (Å²) in [5, 5.41) is 4.61. The zero-order valence-electron chi connectivity index (χ0n) is 17.7. The Kier molecular flexibility index (Phi) is 7.36. The Morgan fingerprint density at radius 1 is 1.18 bits per heavy atom. The van der Waals surface area contributed by atoms with E-state index in [1.807, 2.05) is 0 Å². The highest BCUT2D eigenvalue weighted by molar-refractivity contribution is 8.00. The summed E-state index contributed by atoms with van der Waals surface area (Å²) in [6.45, 7) is 1.44. The van der Waals surface area contributed by atoms with Gasteiger partial charge in [0.15, 0.2) is 15.4 Å². The van der Waals surface area contributed by atoms with Crippen molar-refractivity contribution in [1.29, 1.82) is 0 Å². The van der Waals surface area contributed by atoms with Crippen LogP contribution < -0.4 is 0 Å². The number of fused-ring (bicyclic) bond motifs is 1. The van der Waals surface area contributed by atoms with Crippen molar-refractivity contribution in [2.24, 2.45) is 10.1 Å². The van der Waals surface area contributed by atoms with E-state index >= 15 is 0 Å². The second kappa shape index (κ2) is 9.60. The highest BCUT2D eigenvalue weighted by atomic mass is 32.2. The molecule has 0 fully saturated rings. The summed E-state index contributed by atoms with van der Waals surface area (Å²) < 4.78 is 107. The number of sulfone groups is 1. The third kappa shape index (κ3) is 6.52. The Morgan fingerprint density at radius 3 is 2.47 bits per heavy atom. The van der Waals surface area contributed by atoms with Crippen LogP contribution in [0.4, 0.5) is 26.3 Å². The molecule has 0 N–H and O–H groups in total. The number of hydrazone groups is 1. The van der Waals surface area contributed by atoms with Crippen LogP contribution in [0.5, 0.6) is 0 Å². The minimum Gasteiger partial charge on any atom is -0.435 e. The summed E-state index contributed by atoms with van der Waals surface area (Å²) >= 11 is -0.339. The van der Waals surface area contributed by atoms with E-state index in [1.54, 1.807) is 0 Å². The third-order valence-electron chi connectivity index (χ3n) is 4.50. The molecule has 0 radical (unpaired) electrons. The maximum absolute atomic E-state index is 12.7. The Morgan fingerprint density at radius 2 is 1.88 bits per heavy atom. The van der Waals surface area contributed by atoms with Gasteiger partial charge in [0.25, 0.3) is 0 Å². The summed E-state index contributed by atoms with van der Waals surface area (Å²) in [6.07, 6.45) is -3.74. The smallest absolute Gasteiger partial charge is 0.435 e. The van der Waals surface area contributed by atoms with Gasteiger partial charge in [0.05, 0.1) is 22.6 Å². The number of nitrogens with zero attached hydrogens (tertiary/aromatic N) is 4. The standard InChI is InChI=1S/C19H18F6N4O3S2/c1-3-29(10-18(20,21)22)28-11-7-15(34(30,31)4-2)16(26-9-11)17-27-13-8-12(33-19(23,24)25)5-6-14(13)32-17/h5-6,8-9H,3-4,7,10H2,1-2H3. The van der Waals surface area contributed by atoms with Crippen molar-refractivity contribution in [1.82, 2.24) is 9.99 Å². The molecule has 0 saturated carbocycles. The summed E-state index contributed by atoms with van der Waals surface area (Å²) in [5.74, 6) is -0.574. The van der Waals surface area contributed by atoms with Gasteiger partial charge in [0, 0.05) is 17.9 Å². The van der Waals surface area contributed by atoms with E-state index in [0.717, 1.165) is 17.3 Å². The molecule has 0 atom stereocenters. The van der Waals surface area contributed by atoms with Crippen LogP contribution in [0.25, 0.3) is 16.8 Å². The molecule has 1 aliphatic heterocycles. The first-order chi connectivity index (χ1) is 15.7. The van der Waals surface area contributed by atoms with Crippen molar-refractivity contribution in [2.45, 2.75) is 36.8 Å². The lowest BCUT2D eigenvalue weighted by Gasteiger charge is -2.21. The Hall–Kier alpha value is -2.55. The van der Waals surface area contributed by atoms with E-state index in [0.29, 0.717) is 0 Å². The minimum absolute atomic E-state index is 0.0122. The highest BCUT2D eigenvalue weighted by Gasteiger charge is 2.32. The number of alkyl halides is 6. The molecule has 1 aromatic carbocycles. The van der Waals surface area contributed by atoms with Gasteiger partial charge in [0.2, 0.25) is 5.89 Å². The van der Waals surface area contributed by atoms with E-state index in [9.17, 15) is 34.8 Å². The second-order valence-electron chi connectivity index (χ2n) is 6.99. The van der Waals surface area contributed by atoms with Crippen LogP contribution in [-0.4, -0.2) is 60.9 Å². The van der Waals surface area contributed by atoms with Gasteiger partial charge < -0.3 is 4.42 Å². The van der Waals surface area contributed by atoms with Gasteiger partial charge in [-0.2, -0.15) is 31.4 Å². The zero-order valence-corrected chi connectivity index (χ0v) is 19.4. The maximum Gasteiger partial charge on any atom is 0.446 e. The molecule has 15 heteroatoms. The number of hydrogen-bond acceptors (Lipinski definition) is 8. The number of allylic oxidation sites excluding steroid dienone is 1. The molecule has 2 heterocycles. The first kappa shape index (κ1) is 26.1. The Bertz CT molecular complexity index is 1260. The molecular weight excluding hydrogens is 510 g/mol. The van der Waals surface area contributed by atoms with Crippen molar-refractivity contribution in [3.8, 4) is 0 Å². The van der Waals surface area contributed by atoms with Gasteiger partial charge >= 0.3 is 11.7 Å². The van der Waals surface area contributed by atoms with Crippen molar-refractivity contribution in [3.05, 3.63) is 29.0 Å². The van der Waals surface area contributed by atoms with E-state index in [1.165, 1.54) is 26.0 Å². The van der Waals surface area contributed by atoms with Crippen molar-refractivity contribution in [2.75, 3.05) is 18.8 Å². The number of benzene rings is 1. The predicted molar refractivity (Wildman–Crippen MR) is 116 cm³/mol. The molecule has 0 bridgehead atoms. The van der Waals surface area contributed by atoms with Crippen molar-refractivity contribution in [3.63, 3.8) is 0 Å². The van der Waals surface area contributed by atoms with Crippen molar-refractivity contribution < 1.29 is 39.2 Å². The van der Waals surface area contributed by atoms with Crippen LogP contribution in [0, 0.1) is 0 Å². The monoisotopic (exact) mass is 528 g/mol. The molecule has 0 aliphatic carbocycles. The van der Waals surface area contributed by atoms with Gasteiger partial charge in [-0.3, -0.25) is 5.01 Å². The lowest BCUT2D eigenvalue weighted by molar-refractivity contribution is -0.145. The summed E-state index contributed by atoms with van der Waals surface area (Å²) in [5.41, 5.74) is -4.53. The van der Waals surface area contributed by atoms with Crippen LogP contribution in [0.15, 0.2) is 42.5 Å². The number of hydrogen-bond donors (Lipinski definition) is 0. The largest absolute Gasteiger partial charge is 0.446 e. The molecule has 0 amide bonds. The molecule has 34 heavy (non-hydrogen) atoms. The lowest BCUT2D eigenvalue weighted by atomic mass is 10.2. The van der Waals surface area contributed by atoms with Crippen molar-refractivity contribution >= 4 is 50.3 Å². The molecule has 186 valence electrons. The number of rotatable bonds is 7. The minimum atomic E-state index is -4.51. The molecule has 2 aromatic rings. The van der Waals surface area contributed by atoms with Gasteiger partial charge in [-0.25, -0.2) is 18.4 Å². The number of aliphatic imine (C=N–C) groups is 1. The number of thioether (sulfide) groups is 1. The fraction of sp³-hybridized carbons (Fsp3) is 0.421. The summed E-state index contributed by atoms with van der Waals surface area (Å²) in [6, 6.07) is 3.59. The van der Waals surface area contributed by atoms with Gasteiger partial charge in [-0.1, -0.05) is 6.92 Å². The number of oxazole rings is 1. The SMILES string of the molecule is CCN(CC(F)(F)F)N=C1C=NC(c2nc3cc(SC(F)(F)F)ccc3o2)=C(S(=O)(=O)CC)C1. The van der Waals surface area contributed by atoms with E-state index in [-0.39, 0.29) is 68.7 Å². The van der Waals surface area contributed by atoms with Crippen LogP contribution in [-0.2, 0) is 9.84 Å². The van der Waals surface area contributed by atoms with Gasteiger partial charge in [-0.15, -0.1) is 0 Å². The lowest BCUT2D eigenvalue weighted by Crippen LogP contribution is -2.32. The normalized spacial score (nSPS) is 16.6. The predicted octanol–water partition coefficient (Wildman–Crippen LogP) is 5.26. The summed E-state index contributed by atoms with van der Waals surface area (Å²) in [7, 11) is -3.91. The first-order valence-electron chi connectivity index (χ1n) is 9.76. The van der Waals surface area contributed by atoms with Crippen LogP contribution >= 0.6 is 11.8 Å². The quantitative estimate of drug-likeness (QED) is 0.277. The van der Waals surface area contributed by atoms with Crippen LogP contribution in [0.2, 0.25) is 0 Å². The van der Waals surface area contributed by atoms with Gasteiger partial charge in [-0.05, 0) is 36.9 Å². The van der Waals surface area contributed by atoms with Gasteiger partial charge in [0.1, 0.15) is 17.8 Å². The molecule has 3 rings (SSSR count). The second-order valence-corrected chi connectivity index (χ2v) is 10.4. The van der Waals surface area contributed by atoms with Crippen LogP contribution in [0.1, 0.15) is 26.2 Å². The fourth-order valence-corrected chi connectivity index (χ4v) is 4.71. The number of aromatic nitrogens is 1. The van der Waals surface area contributed by atoms with E-state index in [2.05, 4.69) is 15.1 Å². The average Bonchev–Trinajstić information content (AvgIpc) is 3.14. The summed E-state index contributed by atoms with van der Waals surface area (Å²) in [4.78, 5) is 7.73. The maximum atomic E-state index is 12.7. The molecule has 0 saturated heterocycles. The van der Waals surface area contributed by atoms with Crippen LogP contribution in [0.3, 0.4) is 0 Å². The molecule has 0 spiro atoms. The molecule has 7 nitrogen and oxygen atoms in total. The zero-order chi connectivity index (χ0) is 25.3. The number of halogens is 6. The first-order valence-corrected chi connectivity index (χ1v) is 12.2. The molecule has 1 aliphatic rings. The molecular formula is C19H18F6N4O3S2. The Balaban J connectivity index is 2.02.